The smallest absolute Gasteiger partial charge is 0.337 e. The molecule has 0 aliphatic carbocycles. The van der Waals surface area contributed by atoms with Crippen LogP contribution in [-0.2, 0) is 65.2 Å². The zero-order valence-electron chi connectivity index (χ0n) is 75.9. The van der Waals surface area contributed by atoms with E-state index in [1.165, 1.54) is 22.5 Å². The number of benzene rings is 6. The molecule has 14 rings (SSSR count). The van der Waals surface area contributed by atoms with Gasteiger partial charge in [0.2, 0.25) is 0 Å². The summed E-state index contributed by atoms with van der Waals surface area (Å²) in [7, 11) is 0. The van der Waals surface area contributed by atoms with Gasteiger partial charge in [0.25, 0.3) is 0 Å². The number of halogens is 3. The van der Waals surface area contributed by atoms with Crippen LogP contribution in [0.15, 0.2) is 82.0 Å². The molecule has 0 radical (unpaired) electrons. The molecule has 12 aromatic rings. The number of rotatable bonds is 17. The van der Waals surface area contributed by atoms with Crippen LogP contribution in [-0.4, -0.2) is 114 Å². The standard InChI is InChI=1S/C31H36N2O4S.C26H26N2O4S.C20H28BrNO3S.C19H25BrClNO3S/c1-17-15-21-28(38-18(2)33-21)26(20-9-10-22-25-19(12-14-35-22)11-13-32-27(20)25)24(17)23(37-31(6,7)8)16-36-29(34)30(3,4)5;1-13-12-17-24(33-14(2)28-17)21(19(13)23(25(29)30)32-26(3,4)5)16-6-7-18-20-15(9-11-31-18)8-10-27-22(16)20;1-11-9-13-17(26-12(2)22-13)16(21)15(11)14(25-20(6,7)8)10-24-18(23)19(3,4)5;1-10-8-11-15(26-17(21)22-11)14(20)13(10)12(25-19(5,6)7)9-24-16(23)18(2,3)4/h9-11,13,15,23H,12,14,16H2,1-8H3;6-8,10,12,23H,9,11H2,1-5H3,(H,29,30);9,14H,10H2,1-8H3;8,12H,9H2,1-7H3/t2*23-;14-;12-/m1011/s1. The van der Waals surface area contributed by atoms with Gasteiger partial charge in [0, 0.05) is 83.9 Å². The van der Waals surface area contributed by atoms with E-state index in [9.17, 15) is 24.3 Å². The molecule has 0 amide bonds. The molecule has 0 bridgehead atoms. The lowest BCUT2D eigenvalue weighted by molar-refractivity contribution is -0.162. The molecule has 2 aliphatic rings. The minimum absolute atomic E-state index is 0.113. The minimum Gasteiger partial charge on any atom is -0.493 e. The summed E-state index contributed by atoms with van der Waals surface area (Å²) >= 11 is 19.8. The summed E-state index contributed by atoms with van der Waals surface area (Å²) in [5, 5.41) is 15.2. The van der Waals surface area contributed by atoms with Gasteiger partial charge >= 0.3 is 23.9 Å². The number of carboxylic acid groups (broad SMARTS) is 1. The normalized spacial score (nSPS) is 14.2. The van der Waals surface area contributed by atoms with Crippen LogP contribution in [0.4, 0.5) is 0 Å². The quantitative estimate of drug-likeness (QED) is 0.0657. The molecule has 4 atom stereocenters. The van der Waals surface area contributed by atoms with Gasteiger partial charge in [0.1, 0.15) is 49.6 Å². The summed E-state index contributed by atoms with van der Waals surface area (Å²) in [5.74, 6) is -0.0807. The largest absolute Gasteiger partial charge is 0.493 e. The van der Waals surface area contributed by atoms with Crippen LogP contribution in [0.25, 0.3) is 84.9 Å². The van der Waals surface area contributed by atoms with E-state index in [0.717, 1.165) is 172 Å². The number of hydrogen-bond acceptors (Lipinski definition) is 23. The number of pyridine rings is 2. The summed E-state index contributed by atoms with van der Waals surface area (Å²) in [4.78, 5) is 77.9. The van der Waals surface area contributed by atoms with Crippen molar-refractivity contribution in [2.24, 2.45) is 16.2 Å². The highest BCUT2D eigenvalue weighted by molar-refractivity contribution is 9.11. The third-order valence-electron chi connectivity index (χ3n) is 19.9. The van der Waals surface area contributed by atoms with Crippen molar-refractivity contribution in [1.29, 1.82) is 0 Å². The first-order valence-corrected chi connectivity index (χ1v) is 46.4. The molecule has 123 heavy (non-hydrogen) atoms. The molecule has 0 saturated carbocycles. The number of thiazole rings is 4. The van der Waals surface area contributed by atoms with Gasteiger partial charge in [-0.15, -0.1) is 45.3 Å². The number of esters is 3. The van der Waals surface area contributed by atoms with Crippen molar-refractivity contribution < 1.29 is 66.9 Å². The van der Waals surface area contributed by atoms with Gasteiger partial charge in [-0.05, 0) is 325 Å². The van der Waals surface area contributed by atoms with Gasteiger partial charge in [-0.25, -0.2) is 24.7 Å². The summed E-state index contributed by atoms with van der Waals surface area (Å²) in [5.41, 5.74) is 15.5. The minimum atomic E-state index is -1.13. The van der Waals surface area contributed by atoms with E-state index in [4.69, 9.17) is 74.2 Å². The molecule has 27 heteroatoms. The monoisotopic (exact) mass is 1900 g/mol. The average Bonchev–Trinajstić information content (AvgIpc) is 1.73. The lowest BCUT2D eigenvalue weighted by Crippen LogP contribution is -2.30. The van der Waals surface area contributed by atoms with Crippen molar-refractivity contribution in [2.75, 3.05) is 33.0 Å². The van der Waals surface area contributed by atoms with Crippen molar-refractivity contribution >= 4 is 175 Å². The van der Waals surface area contributed by atoms with Gasteiger partial charge in [-0.2, -0.15) is 0 Å². The number of carbonyl (C=O) groups excluding carboxylic acids is 3. The van der Waals surface area contributed by atoms with E-state index in [1.54, 1.807) is 34.0 Å². The molecule has 658 valence electrons. The lowest BCUT2D eigenvalue weighted by Gasteiger charge is -2.31. The fourth-order valence-electron chi connectivity index (χ4n) is 14.8. The van der Waals surface area contributed by atoms with E-state index >= 15 is 0 Å². The maximum absolute atomic E-state index is 12.8. The predicted molar refractivity (Wildman–Crippen MR) is 505 cm³/mol. The SMILES string of the molecule is Cc1cc2nc(Cl)sc2c(Br)c1[C@@H](COC(=O)C(C)(C)C)OC(C)(C)C.Cc1nc2cc(C)c([C@@H](COC(=O)C(C)(C)C)OC(C)(C)C)c(-c3ccc4c5c(ccnc35)CCO4)c2s1.Cc1nc2cc(C)c([C@@H](COC(=O)C(C)(C)C)OC(C)(C)C)c(Br)c2s1.Cc1nc2cc(C)c([C@H](OC(C)(C)C)C(=O)O)c(-c3ccc4c5c(ccnc35)CCO4)c2s1. The zero-order valence-corrected chi connectivity index (χ0v) is 83.1. The molecular weight excluding hydrogens is 1780 g/mol. The van der Waals surface area contributed by atoms with E-state index in [1.807, 2.05) is 236 Å². The van der Waals surface area contributed by atoms with Crippen molar-refractivity contribution in [2.45, 2.75) is 254 Å². The van der Waals surface area contributed by atoms with Gasteiger partial charge < -0.3 is 47.7 Å². The highest BCUT2D eigenvalue weighted by atomic mass is 79.9. The topological polar surface area (TPSA) is 249 Å². The maximum atomic E-state index is 12.8. The van der Waals surface area contributed by atoms with E-state index in [-0.39, 0.29) is 49.4 Å². The van der Waals surface area contributed by atoms with Crippen molar-refractivity contribution in [3.63, 3.8) is 0 Å². The molecule has 0 fully saturated rings. The first-order valence-electron chi connectivity index (χ1n) is 41.2. The molecule has 6 aromatic carbocycles. The Balaban J connectivity index is 0.000000162. The van der Waals surface area contributed by atoms with E-state index in [2.05, 4.69) is 73.0 Å². The number of aryl methyl sites for hydroxylation is 7. The third kappa shape index (κ3) is 22.8. The fraction of sp³-hybridized carbons (Fsp3) is 0.479. The Labute approximate surface area is 759 Å². The molecule has 8 heterocycles. The number of carboxylic acids is 1. The maximum Gasteiger partial charge on any atom is 0.337 e. The lowest BCUT2D eigenvalue weighted by atomic mass is 9.89. The fourth-order valence-corrected chi connectivity index (χ4v) is 20.7. The Bertz CT molecular complexity index is 5860. The second-order valence-electron chi connectivity index (χ2n) is 38.3. The summed E-state index contributed by atoms with van der Waals surface area (Å²) in [6.07, 6.45) is 3.00. The van der Waals surface area contributed by atoms with Gasteiger partial charge in [0.05, 0.1) is 119 Å². The molecule has 20 nitrogen and oxygen atoms in total. The van der Waals surface area contributed by atoms with Crippen LogP contribution in [0, 0.1) is 64.7 Å². The summed E-state index contributed by atoms with van der Waals surface area (Å²) in [6, 6.07) is 20.4. The first kappa shape index (κ1) is 95.9. The van der Waals surface area contributed by atoms with Crippen molar-refractivity contribution in [1.82, 2.24) is 29.9 Å². The molecule has 0 saturated heterocycles. The van der Waals surface area contributed by atoms with Crippen LogP contribution >= 0.6 is 88.8 Å². The van der Waals surface area contributed by atoms with E-state index in [0.29, 0.717) is 23.2 Å². The third-order valence-corrected chi connectivity index (χ3v) is 26.3. The number of hydrogen-bond donors (Lipinski definition) is 1. The van der Waals surface area contributed by atoms with Crippen LogP contribution in [0.1, 0.15) is 240 Å². The number of fused-ring (bicyclic) bond motifs is 4. The molecule has 6 aromatic heterocycles. The Morgan fingerprint density at radius 2 is 0.748 bits per heavy atom. The molecule has 2 aliphatic heterocycles. The Hall–Kier alpha value is -7.73. The number of nitrogens with zero attached hydrogens (tertiary/aromatic N) is 6. The predicted octanol–water partition coefficient (Wildman–Crippen LogP) is 26.1. The summed E-state index contributed by atoms with van der Waals surface area (Å²) < 4.78 is 60.7. The second-order valence-corrected chi connectivity index (χ2v) is 45.1. The molecule has 0 unspecified atom stereocenters. The van der Waals surface area contributed by atoms with Crippen molar-refractivity contribution in [3.8, 4) is 33.8 Å². The van der Waals surface area contributed by atoms with Gasteiger partial charge in [0.15, 0.2) is 10.6 Å². The molecule has 1 N–H and O–H groups in total. The highest BCUT2D eigenvalue weighted by Crippen LogP contribution is 2.51. The number of aliphatic carboxylic acids is 1. The molecule has 0 spiro atoms. The van der Waals surface area contributed by atoms with Gasteiger partial charge in [-0.1, -0.05) is 11.6 Å². The van der Waals surface area contributed by atoms with Crippen molar-refractivity contribution in [3.05, 3.63) is 157 Å². The number of carbonyl (C=O) groups is 4. The number of ether oxygens (including phenoxy) is 9. The zero-order chi connectivity index (χ0) is 90.6. The van der Waals surface area contributed by atoms with Crippen LogP contribution in [0.3, 0.4) is 0 Å². The Morgan fingerprint density at radius 1 is 0.431 bits per heavy atom. The van der Waals surface area contributed by atoms with Crippen LogP contribution in [0.2, 0.25) is 4.47 Å². The Morgan fingerprint density at radius 3 is 1.11 bits per heavy atom. The highest BCUT2D eigenvalue weighted by Gasteiger charge is 2.38. The van der Waals surface area contributed by atoms with Gasteiger partial charge in [-0.3, -0.25) is 24.4 Å². The van der Waals surface area contributed by atoms with Crippen LogP contribution < -0.4 is 9.47 Å². The first-order chi connectivity index (χ1) is 57.1. The molecular formula is C96H115Br2ClN6O14S4. The summed E-state index contributed by atoms with van der Waals surface area (Å²) in [6.45, 7) is 56.1. The Kier molecular flexibility index (Phi) is 29.1. The second kappa shape index (κ2) is 37.3. The average molecular weight is 1900 g/mol. The number of aromatic nitrogens is 6. The van der Waals surface area contributed by atoms with Crippen LogP contribution in [0.5, 0.6) is 11.5 Å². The van der Waals surface area contributed by atoms with E-state index < -0.39 is 57.3 Å².